The fraction of sp³-hybridized carbons (Fsp3) is 1.00. The van der Waals surface area contributed by atoms with E-state index in [0.29, 0.717) is 13.1 Å². The summed E-state index contributed by atoms with van der Waals surface area (Å²) in [4.78, 5) is 0. The van der Waals surface area contributed by atoms with Gasteiger partial charge in [0.1, 0.15) is 25.3 Å². The molecule has 0 bridgehead atoms. The van der Waals surface area contributed by atoms with E-state index in [1.807, 2.05) is 0 Å². The van der Waals surface area contributed by atoms with Crippen LogP contribution in [0.1, 0.15) is 117 Å². The number of rotatable bonds is 23. The quantitative estimate of drug-likeness (QED) is 0.113. The predicted molar refractivity (Wildman–Crippen MR) is 136 cm³/mol. The van der Waals surface area contributed by atoms with Crippen molar-refractivity contribution in [2.75, 3.05) is 40.3 Å². The second-order valence-corrected chi connectivity index (χ2v) is 10.5. The minimum Gasteiger partial charge on any atom is -0.633 e. The number of unbranched alkanes of at least 4 members (excludes halogenated alkanes) is 11. The summed E-state index contributed by atoms with van der Waals surface area (Å²) in [5.41, 5.74) is 0. The van der Waals surface area contributed by atoms with Gasteiger partial charge in [0, 0.05) is 0 Å². The van der Waals surface area contributed by atoms with E-state index < -0.39 is 12.2 Å². The maximum atomic E-state index is 12.6. The molecule has 32 heavy (non-hydrogen) atoms. The van der Waals surface area contributed by atoms with E-state index in [9.17, 15) is 20.6 Å². The molecule has 0 spiro atoms. The van der Waals surface area contributed by atoms with Crippen LogP contribution in [0, 0.1) is 10.4 Å². The fourth-order valence-corrected chi connectivity index (χ4v) is 4.47. The summed E-state index contributed by atoms with van der Waals surface area (Å²) in [5.74, 6) is 0. The first-order valence-corrected chi connectivity index (χ1v) is 13.6. The number of aliphatic hydroxyl groups is 2. The zero-order valence-electron chi connectivity index (χ0n) is 21.9. The number of likely N-dealkylation sites (N-methyl/N-ethyl adjacent to an activating group) is 2. The van der Waals surface area contributed by atoms with E-state index in [4.69, 9.17) is 0 Å². The van der Waals surface area contributed by atoms with Crippen molar-refractivity contribution in [1.29, 1.82) is 0 Å². The Bertz CT molecular complexity index is 381. The molecule has 0 aromatic rings. The van der Waals surface area contributed by atoms with Crippen LogP contribution in [0.4, 0.5) is 0 Å². The Morgan fingerprint density at radius 1 is 0.531 bits per heavy atom. The summed E-state index contributed by atoms with van der Waals surface area (Å²) in [6, 6.07) is 0. The molecule has 2 N–H and O–H groups in total. The highest BCUT2D eigenvalue weighted by molar-refractivity contribution is 4.59. The molecule has 0 amide bonds. The summed E-state index contributed by atoms with van der Waals surface area (Å²) in [7, 11) is 3.32. The van der Waals surface area contributed by atoms with Gasteiger partial charge in [-0.1, -0.05) is 78.1 Å². The van der Waals surface area contributed by atoms with Gasteiger partial charge in [-0.25, -0.2) is 0 Å². The van der Waals surface area contributed by atoms with Gasteiger partial charge >= 0.3 is 0 Å². The molecule has 0 rings (SSSR count). The lowest BCUT2D eigenvalue weighted by Gasteiger charge is -2.41. The largest absolute Gasteiger partial charge is 0.633 e. The highest BCUT2D eigenvalue weighted by Crippen LogP contribution is 2.15. The molecule has 0 fully saturated rings. The highest BCUT2D eigenvalue weighted by atomic mass is 16.5. The summed E-state index contributed by atoms with van der Waals surface area (Å²) in [6.07, 6.45) is 15.6. The van der Waals surface area contributed by atoms with Crippen LogP contribution >= 0.6 is 0 Å². The van der Waals surface area contributed by atoms with Crippen molar-refractivity contribution in [3.8, 4) is 0 Å². The van der Waals surface area contributed by atoms with Gasteiger partial charge in [0.15, 0.2) is 0 Å². The third kappa shape index (κ3) is 20.4. The zero-order chi connectivity index (χ0) is 24.3. The highest BCUT2D eigenvalue weighted by Gasteiger charge is 2.18. The molecule has 4 atom stereocenters. The Balaban J connectivity index is 3.83. The van der Waals surface area contributed by atoms with Crippen LogP contribution in [0.5, 0.6) is 0 Å². The smallest absolute Gasteiger partial charge is 0.104 e. The van der Waals surface area contributed by atoms with Crippen molar-refractivity contribution >= 4 is 0 Å². The molecule has 0 saturated heterocycles. The van der Waals surface area contributed by atoms with Crippen molar-refractivity contribution in [2.45, 2.75) is 129 Å². The van der Waals surface area contributed by atoms with Gasteiger partial charge in [-0.05, 0) is 38.5 Å². The van der Waals surface area contributed by atoms with Crippen LogP contribution in [0.15, 0.2) is 0 Å². The number of hydrogen-bond donors (Lipinski definition) is 2. The molecular formula is C26H56N2O4. The van der Waals surface area contributed by atoms with Crippen LogP contribution < -0.4 is 0 Å². The Labute approximate surface area is 199 Å². The van der Waals surface area contributed by atoms with Gasteiger partial charge in [0.25, 0.3) is 0 Å². The topological polar surface area (TPSA) is 86.6 Å². The minimum atomic E-state index is -0.504. The van der Waals surface area contributed by atoms with E-state index in [1.165, 1.54) is 38.5 Å². The number of hydroxylamine groups is 6. The molecule has 4 unspecified atom stereocenters. The first-order valence-electron chi connectivity index (χ1n) is 13.6. The van der Waals surface area contributed by atoms with Crippen molar-refractivity contribution in [1.82, 2.24) is 0 Å². The molecular weight excluding hydrogens is 404 g/mol. The normalized spacial score (nSPS) is 17.6. The first kappa shape index (κ1) is 31.8. The molecule has 0 radical (unpaired) electrons. The van der Waals surface area contributed by atoms with Crippen LogP contribution in [0.2, 0.25) is 0 Å². The maximum Gasteiger partial charge on any atom is 0.104 e. The second kappa shape index (κ2) is 19.1. The fourth-order valence-electron chi connectivity index (χ4n) is 4.47. The number of aliphatic hydroxyl groups excluding tert-OH is 2. The average molecular weight is 461 g/mol. The molecule has 6 nitrogen and oxygen atoms in total. The van der Waals surface area contributed by atoms with Crippen molar-refractivity contribution in [3.63, 3.8) is 0 Å². The standard InChI is InChI=1S/C26H56N2O4/c1-5-7-9-11-15-19-25(29)23-27(3,31)21-17-13-14-18-22-28(4,32)24-26(30)20-16-12-10-8-6-2/h25-26,29-30H,5-24H2,1-4H3. The van der Waals surface area contributed by atoms with Gasteiger partial charge in [-0.15, -0.1) is 0 Å². The van der Waals surface area contributed by atoms with E-state index in [1.54, 1.807) is 14.1 Å². The van der Waals surface area contributed by atoms with Crippen LogP contribution in [-0.2, 0) is 0 Å². The SMILES string of the molecule is CCCCCCCC(O)C[N+](C)([O-])CCCCCC[N+](C)([O-])CC(O)CCCCCCC. The Hall–Kier alpha value is -0.240. The van der Waals surface area contributed by atoms with Crippen molar-refractivity contribution in [2.24, 2.45) is 0 Å². The summed E-state index contributed by atoms with van der Waals surface area (Å²) >= 11 is 0. The van der Waals surface area contributed by atoms with Crippen LogP contribution in [0.3, 0.4) is 0 Å². The number of quaternary nitrogens is 2. The van der Waals surface area contributed by atoms with E-state index in [2.05, 4.69) is 13.8 Å². The molecule has 6 heteroatoms. The summed E-state index contributed by atoms with van der Waals surface area (Å²) in [5, 5.41) is 45.5. The molecule has 0 heterocycles. The third-order valence-electron chi connectivity index (χ3n) is 6.49. The molecule has 0 aliphatic carbocycles. The van der Waals surface area contributed by atoms with Crippen molar-refractivity contribution in [3.05, 3.63) is 10.4 Å². The van der Waals surface area contributed by atoms with Gasteiger partial charge in [-0.3, -0.25) is 0 Å². The number of hydrogen-bond acceptors (Lipinski definition) is 4. The molecule has 0 aliphatic rings. The van der Waals surface area contributed by atoms with E-state index >= 15 is 0 Å². The van der Waals surface area contributed by atoms with E-state index in [-0.39, 0.29) is 22.4 Å². The van der Waals surface area contributed by atoms with Crippen molar-refractivity contribution < 1.29 is 19.5 Å². The molecule has 194 valence electrons. The lowest BCUT2D eigenvalue weighted by molar-refractivity contribution is -0.865. The Morgan fingerprint density at radius 2 is 0.844 bits per heavy atom. The Kier molecular flexibility index (Phi) is 19.0. The minimum absolute atomic E-state index is 0.277. The maximum absolute atomic E-state index is 12.6. The Morgan fingerprint density at radius 3 is 1.19 bits per heavy atom. The lowest BCUT2D eigenvalue weighted by atomic mass is 10.1. The first-order chi connectivity index (χ1) is 15.1. The van der Waals surface area contributed by atoms with Gasteiger partial charge < -0.3 is 29.9 Å². The second-order valence-electron chi connectivity index (χ2n) is 10.5. The van der Waals surface area contributed by atoms with Crippen LogP contribution in [0.25, 0.3) is 0 Å². The summed E-state index contributed by atoms with van der Waals surface area (Å²) in [6.45, 7) is 5.98. The lowest BCUT2D eigenvalue weighted by Crippen LogP contribution is -2.44. The van der Waals surface area contributed by atoms with Crippen LogP contribution in [-0.4, -0.2) is 72.0 Å². The molecule has 0 aromatic carbocycles. The number of nitrogens with zero attached hydrogens (tertiary/aromatic N) is 2. The predicted octanol–water partition coefficient (Wildman–Crippen LogP) is 5.88. The zero-order valence-corrected chi connectivity index (χ0v) is 21.9. The molecule has 0 aromatic heterocycles. The van der Waals surface area contributed by atoms with Gasteiger partial charge in [-0.2, -0.15) is 0 Å². The molecule has 0 saturated carbocycles. The van der Waals surface area contributed by atoms with Gasteiger partial charge in [0.05, 0.1) is 27.2 Å². The van der Waals surface area contributed by atoms with E-state index in [0.717, 1.165) is 64.2 Å². The third-order valence-corrected chi connectivity index (χ3v) is 6.49. The average Bonchev–Trinajstić information content (AvgIpc) is 2.69. The summed E-state index contributed by atoms with van der Waals surface area (Å²) < 4.78 is -0.758. The monoisotopic (exact) mass is 460 g/mol. The van der Waals surface area contributed by atoms with Gasteiger partial charge in [0.2, 0.25) is 0 Å². The molecule has 0 aliphatic heterocycles.